The van der Waals surface area contributed by atoms with Gasteiger partial charge in [-0.1, -0.05) is 18.6 Å². The first-order valence-corrected chi connectivity index (χ1v) is 8.03. The van der Waals surface area contributed by atoms with E-state index in [4.69, 9.17) is 0 Å². The molecule has 1 fully saturated rings. The van der Waals surface area contributed by atoms with Crippen molar-refractivity contribution in [3.05, 3.63) is 29.8 Å². The lowest BCUT2D eigenvalue weighted by atomic mass is 10.1. The van der Waals surface area contributed by atoms with Crippen LogP contribution < -0.4 is 10.6 Å². The van der Waals surface area contributed by atoms with E-state index in [0.29, 0.717) is 6.04 Å². The number of nitrogens with zero attached hydrogens (tertiary/aromatic N) is 1. The Balaban J connectivity index is 1.85. The Kier molecular flexibility index (Phi) is 6.05. The average Bonchev–Trinajstić information content (AvgIpc) is 2.48. The second kappa shape index (κ2) is 8.03. The van der Waals surface area contributed by atoms with Crippen molar-refractivity contribution in [2.24, 2.45) is 0 Å². The van der Waals surface area contributed by atoms with E-state index in [9.17, 15) is 4.79 Å². The maximum atomic E-state index is 12.3. The summed E-state index contributed by atoms with van der Waals surface area (Å²) in [4.78, 5) is 14.8. The Bertz CT molecular complexity index is 453. The highest BCUT2D eigenvalue weighted by molar-refractivity contribution is 5.99. The number of hydrogen-bond donors (Lipinski definition) is 2. The minimum atomic E-state index is 0.00996. The molecule has 0 aliphatic carbocycles. The molecule has 2 N–H and O–H groups in total. The number of rotatable bonds is 6. The molecule has 0 aromatic heterocycles. The molecule has 1 saturated heterocycles. The molecule has 1 aliphatic rings. The first-order valence-electron chi connectivity index (χ1n) is 8.03. The van der Waals surface area contributed by atoms with E-state index in [0.717, 1.165) is 24.3 Å². The number of piperidine rings is 1. The molecule has 0 bridgehead atoms. The molecule has 1 aromatic rings. The Morgan fingerprint density at radius 1 is 1.19 bits per heavy atom. The fraction of sp³-hybridized carbons (Fsp3) is 0.588. The normalized spacial score (nSPS) is 16.0. The van der Waals surface area contributed by atoms with Crippen LogP contribution in [0.2, 0.25) is 0 Å². The number of anilines is 1. The van der Waals surface area contributed by atoms with Crippen LogP contribution in [0.15, 0.2) is 24.3 Å². The Morgan fingerprint density at radius 3 is 2.62 bits per heavy atom. The summed E-state index contributed by atoms with van der Waals surface area (Å²) in [6.07, 6.45) is 3.92. The van der Waals surface area contributed by atoms with Crippen molar-refractivity contribution in [3.8, 4) is 0 Å². The summed E-state index contributed by atoms with van der Waals surface area (Å²) in [7, 11) is 0. The average molecular weight is 289 g/mol. The second-order valence-corrected chi connectivity index (χ2v) is 6.00. The number of likely N-dealkylation sites (tertiary alicyclic amines) is 1. The van der Waals surface area contributed by atoms with E-state index in [2.05, 4.69) is 29.4 Å². The van der Waals surface area contributed by atoms with E-state index < -0.39 is 0 Å². The third-order valence-electron chi connectivity index (χ3n) is 3.78. The van der Waals surface area contributed by atoms with Crippen molar-refractivity contribution < 1.29 is 4.79 Å². The first-order chi connectivity index (χ1) is 10.2. The van der Waals surface area contributed by atoms with Gasteiger partial charge in [-0.2, -0.15) is 0 Å². The molecule has 0 saturated carbocycles. The van der Waals surface area contributed by atoms with Crippen molar-refractivity contribution in [1.29, 1.82) is 0 Å². The van der Waals surface area contributed by atoms with Gasteiger partial charge in [-0.05, 0) is 51.9 Å². The van der Waals surface area contributed by atoms with Gasteiger partial charge in [0.25, 0.3) is 5.91 Å². The monoisotopic (exact) mass is 289 g/mol. The predicted molar refractivity (Wildman–Crippen MR) is 87.8 cm³/mol. The van der Waals surface area contributed by atoms with Crippen molar-refractivity contribution in [1.82, 2.24) is 10.2 Å². The molecular weight excluding hydrogens is 262 g/mol. The molecule has 4 nitrogen and oxygen atoms in total. The summed E-state index contributed by atoms with van der Waals surface area (Å²) in [5.41, 5.74) is 1.63. The molecule has 1 aliphatic heterocycles. The minimum absolute atomic E-state index is 0.00996. The van der Waals surface area contributed by atoms with Crippen molar-refractivity contribution in [2.45, 2.75) is 39.2 Å². The van der Waals surface area contributed by atoms with Crippen LogP contribution in [-0.2, 0) is 0 Å². The van der Waals surface area contributed by atoms with Crippen LogP contribution in [0, 0.1) is 0 Å². The number of para-hydroxylation sites is 1. The molecule has 1 aromatic carbocycles. The van der Waals surface area contributed by atoms with E-state index >= 15 is 0 Å². The van der Waals surface area contributed by atoms with Gasteiger partial charge >= 0.3 is 0 Å². The van der Waals surface area contributed by atoms with Gasteiger partial charge in [-0.3, -0.25) is 4.79 Å². The van der Waals surface area contributed by atoms with Gasteiger partial charge < -0.3 is 15.5 Å². The largest absolute Gasteiger partial charge is 0.382 e. The number of benzene rings is 1. The lowest BCUT2D eigenvalue weighted by Crippen LogP contribution is -2.37. The van der Waals surface area contributed by atoms with Crippen LogP contribution in [-0.4, -0.2) is 43.0 Å². The lowest BCUT2D eigenvalue weighted by Gasteiger charge is -2.26. The molecule has 0 spiro atoms. The van der Waals surface area contributed by atoms with E-state index in [1.165, 1.54) is 32.4 Å². The van der Waals surface area contributed by atoms with Gasteiger partial charge in [-0.25, -0.2) is 0 Å². The van der Waals surface area contributed by atoms with Crippen molar-refractivity contribution in [2.75, 3.05) is 31.5 Å². The third kappa shape index (κ3) is 5.05. The molecule has 0 atom stereocenters. The maximum Gasteiger partial charge on any atom is 0.253 e. The fourth-order valence-corrected chi connectivity index (χ4v) is 2.72. The van der Waals surface area contributed by atoms with E-state index in [-0.39, 0.29) is 5.91 Å². The number of amides is 1. The Labute approximate surface area is 127 Å². The highest BCUT2D eigenvalue weighted by Gasteiger charge is 2.13. The van der Waals surface area contributed by atoms with E-state index in [1.54, 1.807) is 0 Å². The SMILES string of the molecule is CC(C)Nc1ccccc1C(=O)NCCN1CCCCC1. The molecule has 0 radical (unpaired) electrons. The zero-order valence-corrected chi connectivity index (χ0v) is 13.2. The summed E-state index contributed by atoms with van der Waals surface area (Å²) in [6.45, 7) is 8.15. The second-order valence-electron chi connectivity index (χ2n) is 6.00. The fourth-order valence-electron chi connectivity index (χ4n) is 2.72. The van der Waals surface area contributed by atoms with Gasteiger partial charge in [0.15, 0.2) is 0 Å². The molecule has 0 unspecified atom stereocenters. The van der Waals surface area contributed by atoms with Crippen LogP contribution in [0.5, 0.6) is 0 Å². The Hall–Kier alpha value is -1.55. The molecular formula is C17H27N3O. The van der Waals surface area contributed by atoms with Gasteiger partial charge in [0.05, 0.1) is 5.56 Å². The highest BCUT2D eigenvalue weighted by atomic mass is 16.1. The minimum Gasteiger partial charge on any atom is -0.382 e. The quantitative estimate of drug-likeness (QED) is 0.846. The smallest absolute Gasteiger partial charge is 0.253 e. The van der Waals surface area contributed by atoms with Crippen LogP contribution in [0.3, 0.4) is 0 Å². The highest BCUT2D eigenvalue weighted by Crippen LogP contribution is 2.16. The first kappa shape index (κ1) is 15.8. The van der Waals surface area contributed by atoms with Crippen molar-refractivity contribution in [3.63, 3.8) is 0 Å². The number of carbonyl (C=O) groups excluding carboxylic acids is 1. The standard InChI is InChI=1S/C17H27N3O/c1-14(2)19-16-9-5-4-8-15(16)17(21)18-10-13-20-11-6-3-7-12-20/h4-5,8-9,14,19H,3,6-7,10-13H2,1-2H3,(H,18,21). The van der Waals surface area contributed by atoms with Crippen LogP contribution in [0.1, 0.15) is 43.5 Å². The van der Waals surface area contributed by atoms with Crippen LogP contribution >= 0.6 is 0 Å². The molecule has 21 heavy (non-hydrogen) atoms. The van der Waals surface area contributed by atoms with Gasteiger partial charge in [0, 0.05) is 24.8 Å². The van der Waals surface area contributed by atoms with Gasteiger partial charge in [-0.15, -0.1) is 0 Å². The van der Waals surface area contributed by atoms with Gasteiger partial charge in [0.1, 0.15) is 0 Å². The summed E-state index contributed by atoms with van der Waals surface area (Å²) in [6, 6.07) is 8.01. The third-order valence-corrected chi connectivity index (χ3v) is 3.78. The molecule has 1 amide bonds. The van der Waals surface area contributed by atoms with E-state index in [1.807, 2.05) is 24.3 Å². The molecule has 2 rings (SSSR count). The van der Waals surface area contributed by atoms with Crippen LogP contribution in [0.25, 0.3) is 0 Å². The predicted octanol–water partition coefficient (Wildman–Crippen LogP) is 2.72. The number of nitrogens with one attached hydrogen (secondary N) is 2. The van der Waals surface area contributed by atoms with Crippen LogP contribution in [0.4, 0.5) is 5.69 Å². The molecule has 1 heterocycles. The summed E-state index contributed by atoms with van der Waals surface area (Å²) < 4.78 is 0. The number of hydrogen-bond acceptors (Lipinski definition) is 3. The van der Waals surface area contributed by atoms with Crippen molar-refractivity contribution >= 4 is 11.6 Å². The zero-order chi connectivity index (χ0) is 15.1. The Morgan fingerprint density at radius 2 is 1.90 bits per heavy atom. The summed E-state index contributed by atoms with van der Waals surface area (Å²) >= 11 is 0. The molecule has 4 heteroatoms. The van der Waals surface area contributed by atoms with Gasteiger partial charge in [0.2, 0.25) is 0 Å². The number of carbonyl (C=O) groups is 1. The summed E-state index contributed by atoms with van der Waals surface area (Å²) in [5, 5.41) is 6.36. The maximum absolute atomic E-state index is 12.3. The molecule has 116 valence electrons. The topological polar surface area (TPSA) is 44.4 Å². The zero-order valence-electron chi connectivity index (χ0n) is 13.2. The lowest BCUT2D eigenvalue weighted by molar-refractivity contribution is 0.0947. The summed E-state index contributed by atoms with van der Waals surface area (Å²) in [5.74, 6) is 0.00996.